The lowest BCUT2D eigenvalue weighted by molar-refractivity contribution is -0.518. The number of carbonyl (C=O) groups excluding carboxylic acids is 2. The molecular formula is C16H13N3O5S. The summed E-state index contributed by atoms with van der Waals surface area (Å²) >= 11 is 0. The second-order valence-electron chi connectivity index (χ2n) is 5.41. The van der Waals surface area contributed by atoms with Crippen molar-refractivity contribution < 1.29 is 18.8 Å². The number of fused-ring (bicyclic) bond motifs is 1. The molecule has 9 heteroatoms. The molecule has 2 aromatic rings. The SMILES string of the molecule is C=S(=O)(N[N+](=O)[O-])c1ccc(CN2C(=O)c3ccccc3C2=O)cc1. The van der Waals surface area contributed by atoms with Crippen LogP contribution in [0.3, 0.4) is 0 Å². The van der Waals surface area contributed by atoms with Crippen molar-refractivity contribution >= 4 is 27.4 Å². The zero-order valence-corrected chi connectivity index (χ0v) is 13.7. The van der Waals surface area contributed by atoms with Gasteiger partial charge in [-0.05, 0) is 35.7 Å². The summed E-state index contributed by atoms with van der Waals surface area (Å²) in [5.74, 6) is 2.57. The number of benzene rings is 2. The van der Waals surface area contributed by atoms with Gasteiger partial charge in [0.05, 0.1) is 22.6 Å². The zero-order valence-electron chi connectivity index (χ0n) is 12.9. The van der Waals surface area contributed by atoms with Crippen molar-refractivity contribution in [3.05, 3.63) is 75.3 Å². The molecule has 1 aliphatic rings. The van der Waals surface area contributed by atoms with Crippen LogP contribution in [0.25, 0.3) is 0 Å². The molecule has 0 spiro atoms. The van der Waals surface area contributed by atoms with E-state index < -0.39 is 14.7 Å². The van der Waals surface area contributed by atoms with Gasteiger partial charge < -0.3 is 0 Å². The van der Waals surface area contributed by atoms with E-state index >= 15 is 0 Å². The highest BCUT2D eigenvalue weighted by Gasteiger charge is 2.34. The highest BCUT2D eigenvalue weighted by Crippen LogP contribution is 2.24. The number of nitro groups is 1. The fraction of sp³-hybridized carbons (Fsp3) is 0.0625. The van der Waals surface area contributed by atoms with E-state index in [1.807, 2.05) is 0 Å². The van der Waals surface area contributed by atoms with Crippen LogP contribution in [0.5, 0.6) is 0 Å². The van der Waals surface area contributed by atoms with Gasteiger partial charge in [0, 0.05) is 0 Å². The lowest BCUT2D eigenvalue weighted by Gasteiger charge is -2.14. The Balaban J connectivity index is 1.80. The number of hydrogen-bond acceptors (Lipinski definition) is 5. The fourth-order valence-electron chi connectivity index (χ4n) is 2.55. The first kappa shape index (κ1) is 16.7. The molecule has 1 N–H and O–H groups in total. The first-order valence-corrected chi connectivity index (χ1v) is 8.85. The molecule has 0 bridgehead atoms. The van der Waals surface area contributed by atoms with E-state index in [0.29, 0.717) is 16.7 Å². The second kappa shape index (κ2) is 6.02. The first-order chi connectivity index (χ1) is 11.8. The standard InChI is InChI=1S/C16H13N3O5S/c1-25(24,17-19(22)23)12-8-6-11(7-9-12)10-18-15(20)13-4-2-3-5-14(13)16(18)21/h2-9H,1,10H2,(H,17,24). The minimum atomic E-state index is -3.27. The van der Waals surface area contributed by atoms with Gasteiger partial charge in [0.25, 0.3) is 11.8 Å². The van der Waals surface area contributed by atoms with E-state index in [0.717, 1.165) is 4.90 Å². The van der Waals surface area contributed by atoms with E-state index in [9.17, 15) is 23.9 Å². The van der Waals surface area contributed by atoms with Crippen molar-refractivity contribution in [2.24, 2.45) is 0 Å². The van der Waals surface area contributed by atoms with Crippen LogP contribution in [-0.2, 0) is 16.3 Å². The molecule has 0 saturated heterocycles. The number of hydrazine groups is 1. The molecule has 2 amide bonds. The van der Waals surface area contributed by atoms with Gasteiger partial charge >= 0.3 is 0 Å². The molecule has 8 nitrogen and oxygen atoms in total. The van der Waals surface area contributed by atoms with Crippen LogP contribution in [0.1, 0.15) is 26.3 Å². The number of amides is 2. The van der Waals surface area contributed by atoms with Crippen LogP contribution < -0.4 is 4.83 Å². The Morgan fingerprint density at radius 3 is 2.04 bits per heavy atom. The Hall–Kier alpha value is -3.20. The van der Waals surface area contributed by atoms with Crippen LogP contribution in [0.15, 0.2) is 53.4 Å². The number of nitrogens with zero attached hydrogens (tertiary/aromatic N) is 2. The van der Waals surface area contributed by atoms with Crippen molar-refractivity contribution in [1.29, 1.82) is 0 Å². The van der Waals surface area contributed by atoms with Gasteiger partial charge in [-0.3, -0.25) is 14.5 Å². The average Bonchev–Trinajstić information content (AvgIpc) is 2.80. The number of rotatable bonds is 5. The van der Waals surface area contributed by atoms with E-state index in [-0.39, 0.29) is 23.3 Å². The maximum Gasteiger partial charge on any atom is 0.261 e. The van der Waals surface area contributed by atoms with Gasteiger partial charge in [-0.15, -0.1) is 0 Å². The van der Waals surface area contributed by atoms with E-state index in [4.69, 9.17) is 0 Å². The van der Waals surface area contributed by atoms with Crippen molar-refractivity contribution in [3.8, 4) is 0 Å². The minimum absolute atomic E-state index is 0.0492. The Morgan fingerprint density at radius 2 is 1.56 bits per heavy atom. The molecule has 0 fully saturated rings. The highest BCUT2D eigenvalue weighted by atomic mass is 32.2. The van der Waals surface area contributed by atoms with Crippen LogP contribution in [0.4, 0.5) is 0 Å². The third-order valence-electron chi connectivity index (χ3n) is 3.74. The Bertz CT molecular complexity index is 948. The minimum Gasteiger partial charge on any atom is -0.270 e. The molecule has 0 aromatic heterocycles. The van der Waals surface area contributed by atoms with Gasteiger partial charge in [0.1, 0.15) is 9.71 Å². The number of nitrogens with one attached hydrogen (secondary N) is 1. The van der Waals surface area contributed by atoms with E-state index in [1.165, 1.54) is 12.1 Å². The summed E-state index contributed by atoms with van der Waals surface area (Å²) in [5, 5.41) is 9.54. The molecule has 128 valence electrons. The number of imide groups is 1. The van der Waals surface area contributed by atoms with Gasteiger partial charge in [0.15, 0.2) is 5.03 Å². The average molecular weight is 359 g/mol. The largest absolute Gasteiger partial charge is 0.270 e. The summed E-state index contributed by atoms with van der Waals surface area (Å²) in [4.78, 5) is 38.0. The molecule has 0 aliphatic carbocycles. The quantitative estimate of drug-likeness (QED) is 0.374. The molecule has 0 radical (unpaired) electrons. The van der Waals surface area contributed by atoms with Gasteiger partial charge in [-0.1, -0.05) is 29.1 Å². The molecule has 3 rings (SSSR count). The lowest BCUT2D eigenvalue weighted by atomic mass is 10.1. The van der Waals surface area contributed by atoms with Crippen molar-refractivity contribution in [2.75, 3.05) is 0 Å². The smallest absolute Gasteiger partial charge is 0.261 e. The van der Waals surface area contributed by atoms with E-state index in [1.54, 1.807) is 41.2 Å². The van der Waals surface area contributed by atoms with Gasteiger partial charge in [0.2, 0.25) is 0 Å². The topological polar surface area (TPSA) is 110 Å². The number of hydrogen-bond donors (Lipinski definition) is 1. The monoisotopic (exact) mass is 359 g/mol. The number of carbonyl (C=O) groups is 2. The molecular weight excluding hydrogens is 346 g/mol. The summed E-state index contributed by atoms with van der Waals surface area (Å²) in [5.41, 5.74) is 1.34. The molecule has 0 saturated carbocycles. The molecule has 2 aromatic carbocycles. The molecule has 1 heterocycles. The Labute approximate surface area is 143 Å². The van der Waals surface area contributed by atoms with E-state index in [2.05, 4.69) is 5.87 Å². The summed E-state index contributed by atoms with van der Waals surface area (Å²) in [6.45, 7) is 0.0492. The third kappa shape index (κ3) is 3.09. The normalized spacial score (nSPS) is 15.6. The second-order valence-corrected chi connectivity index (χ2v) is 7.41. The summed E-state index contributed by atoms with van der Waals surface area (Å²) < 4.78 is 12.1. The maximum absolute atomic E-state index is 12.3. The van der Waals surface area contributed by atoms with Gasteiger partial charge in [-0.2, -0.15) is 0 Å². The van der Waals surface area contributed by atoms with Crippen molar-refractivity contribution in [2.45, 2.75) is 11.4 Å². The van der Waals surface area contributed by atoms with Crippen LogP contribution >= 0.6 is 0 Å². The first-order valence-electron chi connectivity index (χ1n) is 7.13. The molecule has 25 heavy (non-hydrogen) atoms. The van der Waals surface area contributed by atoms with Crippen LogP contribution in [0.2, 0.25) is 0 Å². The zero-order chi connectivity index (χ0) is 18.2. The molecule has 1 atom stereocenters. The summed E-state index contributed by atoms with van der Waals surface area (Å²) in [6.07, 6.45) is 0. The predicted octanol–water partition coefficient (Wildman–Crippen LogP) is 1.25. The Morgan fingerprint density at radius 1 is 1.04 bits per heavy atom. The van der Waals surface area contributed by atoms with Crippen molar-refractivity contribution in [3.63, 3.8) is 0 Å². The molecule has 1 unspecified atom stereocenters. The predicted molar refractivity (Wildman–Crippen MR) is 90.7 cm³/mol. The summed E-state index contributed by atoms with van der Waals surface area (Å²) in [7, 11) is -3.27. The fourth-order valence-corrected chi connectivity index (χ4v) is 3.48. The van der Waals surface area contributed by atoms with Crippen LogP contribution in [0, 0.1) is 10.1 Å². The molecule has 1 aliphatic heterocycles. The maximum atomic E-state index is 12.3. The lowest BCUT2D eigenvalue weighted by Crippen LogP contribution is -2.30. The van der Waals surface area contributed by atoms with Gasteiger partial charge in [-0.25, -0.2) is 14.3 Å². The van der Waals surface area contributed by atoms with Crippen LogP contribution in [-0.4, -0.2) is 31.8 Å². The Kier molecular flexibility index (Phi) is 4.01. The third-order valence-corrected chi connectivity index (χ3v) is 5.22. The van der Waals surface area contributed by atoms with Crippen molar-refractivity contribution in [1.82, 2.24) is 9.73 Å². The highest BCUT2D eigenvalue weighted by molar-refractivity contribution is 7.98. The summed E-state index contributed by atoms with van der Waals surface area (Å²) in [6, 6.07) is 12.5.